The lowest BCUT2D eigenvalue weighted by Gasteiger charge is -2.29. The predicted octanol–water partition coefficient (Wildman–Crippen LogP) is 9.56. The van der Waals surface area contributed by atoms with Crippen LogP contribution in [0.1, 0.15) is 93.0 Å². The van der Waals surface area contributed by atoms with Gasteiger partial charge in [0.05, 0.1) is 17.9 Å². The molecule has 2 heterocycles. The van der Waals surface area contributed by atoms with Crippen molar-refractivity contribution >= 4 is 0 Å². The summed E-state index contributed by atoms with van der Waals surface area (Å²) < 4.78 is 0. The molecule has 0 spiro atoms. The minimum absolute atomic E-state index is 0.456. The summed E-state index contributed by atoms with van der Waals surface area (Å²) in [6.07, 6.45) is 12.6. The molecular weight excluding hydrogens is 500 g/mol. The van der Waals surface area contributed by atoms with Crippen molar-refractivity contribution in [3.8, 4) is 33.6 Å². The molecule has 4 heteroatoms. The van der Waals surface area contributed by atoms with Crippen LogP contribution in [0, 0.1) is 0 Å². The molecule has 7 rings (SSSR count). The van der Waals surface area contributed by atoms with Gasteiger partial charge < -0.3 is 5.43 Å². The summed E-state index contributed by atoms with van der Waals surface area (Å²) in [5.41, 5.74) is 14.8. The second kappa shape index (κ2) is 11.9. The number of hydrogen-bond acceptors (Lipinski definition) is 3. The Morgan fingerprint density at radius 2 is 1.15 bits per heavy atom. The van der Waals surface area contributed by atoms with Gasteiger partial charge in [0.1, 0.15) is 11.4 Å². The minimum Gasteiger partial charge on any atom is -0.305 e. The molecule has 208 valence electrons. The Hall–Kier alpha value is -3.92. The van der Waals surface area contributed by atoms with E-state index < -0.39 is 0 Å². The molecule has 4 aliphatic rings. The first-order chi connectivity index (χ1) is 20.4. The van der Waals surface area contributed by atoms with Crippen LogP contribution >= 0.6 is 0 Å². The van der Waals surface area contributed by atoms with Crippen LogP contribution in [0.25, 0.3) is 33.6 Å². The quantitative estimate of drug-likeness (QED) is 0.223. The number of hydrogen-bond donors (Lipinski definition) is 1. The lowest BCUT2D eigenvalue weighted by atomic mass is 9.80. The molecule has 0 bridgehead atoms. The predicted molar refractivity (Wildman–Crippen MR) is 169 cm³/mol. The number of nitrogens with zero attached hydrogens (tertiary/aromatic N) is 3. The monoisotopic (exact) mass is 540 g/mol. The first-order valence-electron chi connectivity index (χ1n) is 15.7. The van der Waals surface area contributed by atoms with Crippen LogP contribution in [0.3, 0.4) is 0 Å². The molecule has 0 radical (unpaired) electrons. The van der Waals surface area contributed by atoms with Crippen molar-refractivity contribution in [1.29, 1.82) is 0 Å². The van der Waals surface area contributed by atoms with E-state index in [0.29, 0.717) is 11.8 Å². The lowest BCUT2D eigenvalue weighted by molar-refractivity contribution is 0.421. The van der Waals surface area contributed by atoms with Gasteiger partial charge >= 0.3 is 0 Å². The molecule has 2 fully saturated rings. The number of fused-ring (bicyclic) bond motifs is 1. The fourth-order valence-electron chi connectivity index (χ4n) is 7.20. The Bertz CT molecular complexity index is 1530. The maximum Gasteiger partial charge on any atom is 0.119 e. The molecule has 0 saturated heterocycles. The van der Waals surface area contributed by atoms with E-state index in [-0.39, 0.29) is 0 Å². The maximum atomic E-state index is 5.60. The van der Waals surface area contributed by atoms with Gasteiger partial charge in [-0.1, -0.05) is 130 Å². The molecule has 2 saturated carbocycles. The minimum atomic E-state index is 0.456. The van der Waals surface area contributed by atoms with Crippen molar-refractivity contribution in [3.63, 3.8) is 0 Å². The van der Waals surface area contributed by atoms with Crippen LogP contribution < -0.4 is 5.43 Å². The highest BCUT2D eigenvalue weighted by molar-refractivity contribution is 5.93. The number of benzene rings is 3. The molecular formula is C37H40N4. The first kappa shape index (κ1) is 26.0. The second-order valence-corrected chi connectivity index (χ2v) is 12.0. The van der Waals surface area contributed by atoms with Crippen LogP contribution in [-0.2, 0) is 6.54 Å². The van der Waals surface area contributed by atoms with E-state index in [2.05, 4.69) is 101 Å². The standard InChI is InChI=1S/C37H40N4/c1-6-16-27(17-7-1)26-38-41-37(31-24-14-5-15-25-31)33-32(28-18-8-2-9-19-28)34(29-20-10-3-11-21-29)39-36(33)35(40-41)30-22-12-4-13-23-30/h1-2,4,6-9,12-13,16-19,22-23,29,31,38H,3,5,10-11,14-15,20-21,24-26H2. The average Bonchev–Trinajstić information content (AvgIpc) is 3.46. The molecule has 3 aromatic rings. The third-order valence-corrected chi connectivity index (χ3v) is 9.25. The largest absolute Gasteiger partial charge is 0.305 e. The highest BCUT2D eigenvalue weighted by Crippen LogP contribution is 2.50. The molecule has 0 atom stereocenters. The van der Waals surface area contributed by atoms with Gasteiger partial charge in [-0.25, -0.2) is 4.98 Å². The number of aromatic nitrogens is 3. The normalized spacial score (nSPS) is 16.7. The van der Waals surface area contributed by atoms with E-state index in [4.69, 9.17) is 10.1 Å². The molecule has 0 unspecified atom stereocenters. The summed E-state index contributed by atoms with van der Waals surface area (Å²) in [4.78, 5) is 7.76. The molecule has 3 aromatic carbocycles. The van der Waals surface area contributed by atoms with Gasteiger partial charge in [-0.15, -0.1) is 0 Å². The Balaban J connectivity index is 1.51. The van der Waals surface area contributed by atoms with Crippen molar-refractivity contribution in [2.24, 2.45) is 0 Å². The molecule has 41 heavy (non-hydrogen) atoms. The number of rotatable bonds is 7. The van der Waals surface area contributed by atoms with Crippen LogP contribution in [0.2, 0.25) is 0 Å². The van der Waals surface area contributed by atoms with Gasteiger partial charge in [0.15, 0.2) is 0 Å². The van der Waals surface area contributed by atoms with E-state index in [1.807, 2.05) is 0 Å². The van der Waals surface area contributed by atoms with Gasteiger partial charge in [-0.3, -0.25) is 0 Å². The van der Waals surface area contributed by atoms with Crippen molar-refractivity contribution < 1.29 is 0 Å². The topological polar surface area (TPSA) is 42.7 Å². The van der Waals surface area contributed by atoms with E-state index >= 15 is 0 Å². The zero-order valence-electron chi connectivity index (χ0n) is 23.9. The third-order valence-electron chi connectivity index (χ3n) is 9.25. The van der Waals surface area contributed by atoms with Crippen molar-refractivity contribution in [1.82, 2.24) is 14.9 Å². The number of nitrogens with one attached hydrogen (secondary N) is 1. The Kier molecular flexibility index (Phi) is 7.55. The lowest BCUT2D eigenvalue weighted by Crippen LogP contribution is -2.26. The van der Waals surface area contributed by atoms with Crippen LogP contribution in [0.15, 0.2) is 91.0 Å². The van der Waals surface area contributed by atoms with Gasteiger partial charge in [-0.05, 0) is 36.8 Å². The van der Waals surface area contributed by atoms with Crippen molar-refractivity contribution in [2.45, 2.75) is 82.6 Å². The second-order valence-electron chi connectivity index (χ2n) is 12.0. The molecule has 4 nitrogen and oxygen atoms in total. The zero-order chi connectivity index (χ0) is 27.4. The van der Waals surface area contributed by atoms with Crippen LogP contribution in [0.4, 0.5) is 0 Å². The van der Waals surface area contributed by atoms with E-state index in [0.717, 1.165) is 23.5 Å². The summed E-state index contributed by atoms with van der Waals surface area (Å²) in [6.45, 7) is 0.724. The molecule has 0 aromatic heterocycles. The van der Waals surface area contributed by atoms with Crippen molar-refractivity contribution in [2.75, 3.05) is 5.43 Å². The van der Waals surface area contributed by atoms with Crippen LogP contribution in [-0.4, -0.2) is 14.9 Å². The SMILES string of the molecule is c1ccc(CNn2nc(-c3ccccc3)c3nc(C4CCCCC4)c(-c4ccccc4)c-3c2C2CCCCC2)cc1. The van der Waals surface area contributed by atoms with E-state index in [9.17, 15) is 0 Å². The summed E-state index contributed by atoms with van der Waals surface area (Å²) in [6, 6.07) is 32.4. The zero-order valence-corrected chi connectivity index (χ0v) is 23.9. The van der Waals surface area contributed by atoms with Crippen LogP contribution in [0.5, 0.6) is 0 Å². The highest BCUT2D eigenvalue weighted by atomic mass is 15.6. The molecule has 0 amide bonds. The summed E-state index contributed by atoms with van der Waals surface area (Å²) in [5, 5.41) is 5.40. The maximum absolute atomic E-state index is 5.60. The summed E-state index contributed by atoms with van der Waals surface area (Å²) in [5.74, 6) is 0.956. The van der Waals surface area contributed by atoms with E-state index in [1.165, 1.54) is 97.8 Å². The van der Waals surface area contributed by atoms with Crippen molar-refractivity contribution in [3.05, 3.63) is 108 Å². The Morgan fingerprint density at radius 1 is 0.585 bits per heavy atom. The summed E-state index contributed by atoms with van der Waals surface area (Å²) >= 11 is 0. The highest BCUT2D eigenvalue weighted by Gasteiger charge is 2.35. The summed E-state index contributed by atoms with van der Waals surface area (Å²) in [7, 11) is 0. The Morgan fingerprint density at radius 3 is 1.78 bits per heavy atom. The Labute approximate surface area is 244 Å². The molecule has 2 aliphatic heterocycles. The fraction of sp³-hybridized carbons (Fsp3) is 0.351. The average molecular weight is 541 g/mol. The smallest absolute Gasteiger partial charge is 0.119 e. The van der Waals surface area contributed by atoms with Gasteiger partial charge in [0.2, 0.25) is 0 Å². The third kappa shape index (κ3) is 5.28. The molecule has 2 aliphatic carbocycles. The van der Waals surface area contributed by atoms with Gasteiger partial charge in [0, 0.05) is 28.5 Å². The first-order valence-corrected chi connectivity index (χ1v) is 15.7. The van der Waals surface area contributed by atoms with Gasteiger partial charge in [-0.2, -0.15) is 9.89 Å². The van der Waals surface area contributed by atoms with E-state index in [1.54, 1.807) is 0 Å². The molecule has 1 N–H and O–H groups in total. The van der Waals surface area contributed by atoms with Gasteiger partial charge in [0.25, 0.3) is 0 Å². The fourth-order valence-corrected chi connectivity index (χ4v) is 7.20.